The molecular weight excluding hydrogens is 440 g/mol. The smallest absolute Gasteiger partial charge is 0.407 e. The van der Waals surface area contributed by atoms with Crippen molar-refractivity contribution >= 4 is 29.7 Å². The molecule has 0 aliphatic heterocycles. The van der Waals surface area contributed by atoms with Crippen LogP contribution in [0, 0.1) is 0 Å². The van der Waals surface area contributed by atoms with Crippen LogP contribution in [0.15, 0.2) is 48.5 Å². The second kappa shape index (κ2) is 12.3. The van der Waals surface area contributed by atoms with Gasteiger partial charge >= 0.3 is 12.1 Å². The molecule has 1 unspecified atom stereocenters. The average Bonchev–Trinajstić information content (AvgIpc) is 3.13. The number of nitrogens with one attached hydrogen (secondary N) is 2. The molecule has 0 saturated carbocycles. The van der Waals surface area contributed by atoms with E-state index in [0.717, 1.165) is 40.2 Å². The summed E-state index contributed by atoms with van der Waals surface area (Å²) in [7, 11) is 0. The zero-order chi connectivity index (χ0) is 23.6. The van der Waals surface area contributed by atoms with Crippen LogP contribution in [-0.2, 0) is 14.3 Å². The second-order valence-electron chi connectivity index (χ2n) is 7.80. The summed E-state index contributed by atoms with van der Waals surface area (Å²) in [4.78, 5) is 36.1. The Bertz CT molecular complexity index is 935. The Morgan fingerprint density at radius 3 is 2.30 bits per heavy atom. The molecule has 0 bridgehead atoms. The number of carbonyl (C=O) groups is 3. The number of hydrogen-bond donors (Lipinski definition) is 3. The van der Waals surface area contributed by atoms with Gasteiger partial charge in [0.25, 0.3) is 0 Å². The van der Waals surface area contributed by atoms with Gasteiger partial charge in [0.05, 0.1) is 0 Å². The molecule has 0 radical (unpaired) electrons. The Labute approximate surface area is 198 Å². The highest BCUT2D eigenvalue weighted by Crippen LogP contribution is 2.44. The van der Waals surface area contributed by atoms with E-state index < -0.39 is 24.0 Å². The minimum Gasteiger partial charge on any atom is -0.481 e. The van der Waals surface area contributed by atoms with E-state index in [4.69, 9.17) is 9.84 Å². The fourth-order valence-corrected chi connectivity index (χ4v) is 4.61. The van der Waals surface area contributed by atoms with Gasteiger partial charge in [-0.2, -0.15) is 11.8 Å². The van der Waals surface area contributed by atoms with Crippen LogP contribution in [-0.4, -0.2) is 53.8 Å². The molecule has 8 heteroatoms. The van der Waals surface area contributed by atoms with Gasteiger partial charge in [0.2, 0.25) is 5.91 Å². The molecule has 1 atom stereocenters. The van der Waals surface area contributed by atoms with Gasteiger partial charge in [-0.15, -0.1) is 0 Å². The molecule has 33 heavy (non-hydrogen) atoms. The van der Waals surface area contributed by atoms with Gasteiger partial charge in [-0.1, -0.05) is 55.5 Å². The summed E-state index contributed by atoms with van der Waals surface area (Å²) in [5.41, 5.74) is 4.44. The zero-order valence-corrected chi connectivity index (χ0v) is 19.5. The van der Waals surface area contributed by atoms with Crippen LogP contribution in [0.2, 0.25) is 0 Å². The monoisotopic (exact) mass is 470 g/mol. The van der Waals surface area contributed by atoms with E-state index in [1.807, 2.05) is 36.4 Å². The van der Waals surface area contributed by atoms with Gasteiger partial charge in [0.1, 0.15) is 12.6 Å². The summed E-state index contributed by atoms with van der Waals surface area (Å²) in [6.07, 6.45) is -0.160. The van der Waals surface area contributed by atoms with E-state index >= 15 is 0 Å². The van der Waals surface area contributed by atoms with Gasteiger partial charge in [-0.3, -0.25) is 9.59 Å². The number of aliphatic carboxylic acids is 1. The molecular formula is C25H30N2O5S. The van der Waals surface area contributed by atoms with E-state index in [1.54, 1.807) is 11.8 Å². The highest BCUT2D eigenvalue weighted by Gasteiger charge is 2.29. The first-order valence-corrected chi connectivity index (χ1v) is 12.4. The molecule has 3 N–H and O–H groups in total. The van der Waals surface area contributed by atoms with Crippen molar-refractivity contribution in [3.63, 3.8) is 0 Å². The first kappa shape index (κ1) is 24.6. The number of rotatable bonds is 12. The van der Waals surface area contributed by atoms with Crippen LogP contribution in [0.3, 0.4) is 0 Å². The summed E-state index contributed by atoms with van der Waals surface area (Å²) in [6, 6.07) is 15.1. The van der Waals surface area contributed by atoms with Gasteiger partial charge in [0, 0.05) is 18.9 Å². The van der Waals surface area contributed by atoms with Crippen molar-refractivity contribution in [2.45, 2.75) is 38.1 Å². The van der Waals surface area contributed by atoms with Crippen LogP contribution in [0.1, 0.15) is 43.2 Å². The lowest BCUT2D eigenvalue weighted by atomic mass is 9.98. The fraction of sp³-hybridized carbons (Fsp3) is 0.400. The maximum absolute atomic E-state index is 12.5. The van der Waals surface area contributed by atoms with Crippen molar-refractivity contribution in [1.82, 2.24) is 10.6 Å². The topological polar surface area (TPSA) is 105 Å². The quantitative estimate of drug-likeness (QED) is 0.405. The maximum Gasteiger partial charge on any atom is 0.407 e. The lowest BCUT2D eigenvalue weighted by molar-refractivity contribution is -0.137. The van der Waals surface area contributed by atoms with Crippen LogP contribution >= 0.6 is 11.8 Å². The largest absolute Gasteiger partial charge is 0.481 e. The molecule has 7 nitrogen and oxygen atoms in total. The minimum absolute atomic E-state index is 0.00489. The summed E-state index contributed by atoms with van der Waals surface area (Å²) in [5, 5.41) is 14.3. The summed E-state index contributed by atoms with van der Waals surface area (Å²) < 4.78 is 5.50. The van der Waals surface area contributed by atoms with Crippen LogP contribution in [0.5, 0.6) is 0 Å². The van der Waals surface area contributed by atoms with Gasteiger partial charge < -0.3 is 20.5 Å². The molecule has 0 fully saturated rings. The maximum atomic E-state index is 12.5. The van der Waals surface area contributed by atoms with Gasteiger partial charge in [0.15, 0.2) is 0 Å². The Hall–Kier alpha value is -3.00. The first-order valence-electron chi connectivity index (χ1n) is 11.2. The summed E-state index contributed by atoms with van der Waals surface area (Å²) >= 11 is 1.78. The molecule has 0 aromatic heterocycles. The predicted octanol–water partition coefficient (Wildman–Crippen LogP) is 4.02. The average molecular weight is 471 g/mol. The first-order chi connectivity index (χ1) is 16.0. The Morgan fingerprint density at radius 2 is 1.70 bits per heavy atom. The SMILES string of the molecule is CCSCCCNC(=O)C(CCC(=O)O)NC(=O)OCC1c2ccccc2-c2ccccc21. The number of carboxylic acid groups (broad SMARTS) is 1. The van der Waals surface area contributed by atoms with Crippen molar-refractivity contribution in [1.29, 1.82) is 0 Å². The number of benzene rings is 2. The molecule has 176 valence electrons. The van der Waals surface area contributed by atoms with E-state index in [0.29, 0.717) is 6.54 Å². The summed E-state index contributed by atoms with van der Waals surface area (Å²) in [5.74, 6) is 0.424. The fourth-order valence-electron chi connectivity index (χ4n) is 3.97. The molecule has 2 aromatic carbocycles. The molecule has 1 aliphatic carbocycles. The lowest BCUT2D eigenvalue weighted by Gasteiger charge is -2.19. The number of amides is 2. The van der Waals surface area contributed by atoms with Gasteiger partial charge in [-0.05, 0) is 46.6 Å². The minimum atomic E-state index is -1.03. The third kappa shape index (κ3) is 6.74. The number of thioether (sulfide) groups is 1. The third-order valence-electron chi connectivity index (χ3n) is 5.57. The van der Waals surface area contributed by atoms with E-state index in [-0.39, 0.29) is 25.4 Å². The van der Waals surface area contributed by atoms with Crippen molar-refractivity contribution in [2.75, 3.05) is 24.7 Å². The van der Waals surface area contributed by atoms with Crippen molar-refractivity contribution in [2.24, 2.45) is 0 Å². The molecule has 2 amide bonds. The predicted molar refractivity (Wildman–Crippen MR) is 129 cm³/mol. The van der Waals surface area contributed by atoms with Crippen LogP contribution in [0.4, 0.5) is 4.79 Å². The number of hydrogen-bond acceptors (Lipinski definition) is 5. The molecule has 1 aliphatic rings. The van der Waals surface area contributed by atoms with Crippen LogP contribution < -0.4 is 10.6 Å². The van der Waals surface area contributed by atoms with E-state index in [9.17, 15) is 14.4 Å². The van der Waals surface area contributed by atoms with Crippen molar-refractivity contribution in [3.05, 3.63) is 59.7 Å². The second-order valence-corrected chi connectivity index (χ2v) is 9.19. The highest BCUT2D eigenvalue weighted by molar-refractivity contribution is 7.99. The highest BCUT2D eigenvalue weighted by atomic mass is 32.2. The van der Waals surface area contributed by atoms with Gasteiger partial charge in [-0.25, -0.2) is 4.79 Å². The molecule has 3 rings (SSSR count). The molecule has 0 spiro atoms. The zero-order valence-electron chi connectivity index (χ0n) is 18.7. The third-order valence-corrected chi connectivity index (χ3v) is 6.55. The molecule has 2 aromatic rings. The number of carbonyl (C=O) groups excluding carboxylic acids is 2. The normalized spacial score (nSPS) is 13.0. The van der Waals surface area contributed by atoms with Crippen molar-refractivity contribution < 1.29 is 24.2 Å². The molecule has 0 saturated heterocycles. The van der Waals surface area contributed by atoms with E-state index in [2.05, 4.69) is 29.7 Å². The summed E-state index contributed by atoms with van der Waals surface area (Å²) in [6.45, 7) is 2.67. The standard InChI is InChI=1S/C25H30N2O5S/c1-2-33-15-7-14-26-24(30)22(12-13-23(28)29)27-25(31)32-16-21-19-10-5-3-8-17(19)18-9-4-6-11-20(18)21/h3-6,8-11,21-22H,2,7,12-16H2,1H3,(H,26,30)(H,27,31)(H,28,29). The Balaban J connectivity index is 1.58. The number of carboxylic acids is 1. The Morgan fingerprint density at radius 1 is 1.06 bits per heavy atom. The van der Waals surface area contributed by atoms with Crippen LogP contribution in [0.25, 0.3) is 11.1 Å². The number of ether oxygens (including phenoxy) is 1. The number of fused-ring (bicyclic) bond motifs is 3. The number of alkyl carbamates (subject to hydrolysis) is 1. The van der Waals surface area contributed by atoms with E-state index in [1.165, 1.54) is 0 Å². The van der Waals surface area contributed by atoms with Crippen molar-refractivity contribution in [3.8, 4) is 11.1 Å². The molecule has 0 heterocycles. The lowest BCUT2D eigenvalue weighted by Crippen LogP contribution is -2.47. The Kier molecular flexibility index (Phi) is 9.18.